The minimum atomic E-state index is -0.281. The lowest BCUT2D eigenvalue weighted by atomic mass is 9.97. The molecule has 0 aliphatic rings. The average Bonchev–Trinajstić information content (AvgIpc) is 2.63. The molecule has 0 fully saturated rings. The first-order chi connectivity index (χ1) is 12.1. The third-order valence-corrected chi connectivity index (χ3v) is 4.76. The molecule has 25 heavy (non-hydrogen) atoms. The van der Waals surface area contributed by atoms with E-state index >= 15 is 0 Å². The molecular weight excluding hydrogens is 311 g/mol. The van der Waals surface area contributed by atoms with E-state index in [0.29, 0.717) is 18.3 Å². The molecule has 2 rings (SSSR count). The third-order valence-electron chi connectivity index (χ3n) is 4.76. The molecule has 0 saturated carbocycles. The Morgan fingerprint density at radius 3 is 2.28 bits per heavy atom. The van der Waals surface area contributed by atoms with Crippen molar-refractivity contribution in [3.8, 4) is 16.9 Å². The number of halogens is 1. The molecule has 0 amide bonds. The molecule has 2 aromatic rings. The molecule has 1 unspecified atom stereocenters. The van der Waals surface area contributed by atoms with Gasteiger partial charge < -0.3 is 4.74 Å². The summed E-state index contributed by atoms with van der Waals surface area (Å²) in [7, 11) is 0. The molecule has 0 aliphatic carbocycles. The van der Waals surface area contributed by atoms with Crippen molar-refractivity contribution in [2.24, 2.45) is 5.92 Å². The van der Waals surface area contributed by atoms with Gasteiger partial charge in [-0.05, 0) is 47.6 Å². The Morgan fingerprint density at radius 2 is 1.64 bits per heavy atom. The molecule has 0 saturated heterocycles. The molecule has 0 aliphatic heterocycles. The highest BCUT2D eigenvalue weighted by atomic mass is 19.1. The fourth-order valence-electron chi connectivity index (χ4n) is 2.89. The van der Waals surface area contributed by atoms with Crippen LogP contribution in [0.1, 0.15) is 58.4 Å². The van der Waals surface area contributed by atoms with Gasteiger partial charge in [0.25, 0.3) is 0 Å². The normalized spacial score (nSPS) is 12.2. The van der Waals surface area contributed by atoms with Crippen LogP contribution in [0.4, 0.5) is 4.39 Å². The molecule has 0 heterocycles. The number of rotatable bonds is 10. The van der Waals surface area contributed by atoms with Gasteiger partial charge in [-0.2, -0.15) is 0 Å². The zero-order valence-electron chi connectivity index (χ0n) is 15.9. The number of benzene rings is 2. The van der Waals surface area contributed by atoms with Crippen LogP contribution in [-0.4, -0.2) is 6.61 Å². The lowest BCUT2D eigenvalue weighted by Gasteiger charge is -2.11. The molecular formula is C23H31FO. The van der Waals surface area contributed by atoms with Crippen molar-refractivity contribution in [1.29, 1.82) is 0 Å². The lowest BCUT2D eigenvalue weighted by Crippen LogP contribution is -1.99. The van der Waals surface area contributed by atoms with Crippen molar-refractivity contribution >= 4 is 0 Å². The number of hydrogen-bond donors (Lipinski definition) is 0. The van der Waals surface area contributed by atoms with Crippen molar-refractivity contribution in [1.82, 2.24) is 0 Å². The van der Waals surface area contributed by atoms with Gasteiger partial charge in [-0.3, -0.25) is 0 Å². The van der Waals surface area contributed by atoms with Crippen molar-refractivity contribution in [3.05, 3.63) is 53.8 Å². The summed E-state index contributed by atoms with van der Waals surface area (Å²) in [6.45, 7) is 7.25. The van der Waals surface area contributed by atoms with E-state index in [2.05, 4.69) is 45.0 Å². The van der Waals surface area contributed by atoms with Crippen LogP contribution >= 0.6 is 0 Å². The molecule has 0 aromatic heterocycles. The van der Waals surface area contributed by atoms with E-state index in [9.17, 15) is 4.39 Å². The molecule has 1 atom stereocenters. The largest absolute Gasteiger partial charge is 0.491 e. The Kier molecular flexibility index (Phi) is 7.97. The highest BCUT2D eigenvalue weighted by Crippen LogP contribution is 2.26. The van der Waals surface area contributed by atoms with E-state index in [1.165, 1.54) is 24.8 Å². The molecule has 0 spiro atoms. The standard InChI is InChI=1S/C23H31FO/c1-4-6-7-8-15-25-23-14-13-21(17-22(23)24)20-11-9-19(10-12-20)16-18(3)5-2/h9-14,17-18H,4-8,15-16H2,1-3H3. The minimum absolute atomic E-state index is 0.281. The minimum Gasteiger partial charge on any atom is -0.491 e. The van der Waals surface area contributed by atoms with Crippen LogP contribution in [0.15, 0.2) is 42.5 Å². The monoisotopic (exact) mass is 342 g/mol. The Morgan fingerprint density at radius 1 is 0.920 bits per heavy atom. The summed E-state index contributed by atoms with van der Waals surface area (Å²) >= 11 is 0. The van der Waals surface area contributed by atoms with Gasteiger partial charge in [-0.25, -0.2) is 4.39 Å². The van der Waals surface area contributed by atoms with E-state index < -0.39 is 0 Å². The van der Waals surface area contributed by atoms with Crippen molar-refractivity contribution in [3.63, 3.8) is 0 Å². The SMILES string of the molecule is CCCCCCOc1ccc(-c2ccc(CC(C)CC)cc2)cc1F. The fraction of sp³-hybridized carbons (Fsp3) is 0.478. The summed E-state index contributed by atoms with van der Waals surface area (Å²) in [5, 5.41) is 0. The van der Waals surface area contributed by atoms with Gasteiger partial charge in [-0.15, -0.1) is 0 Å². The molecule has 1 nitrogen and oxygen atoms in total. The second kappa shape index (κ2) is 10.2. The zero-order valence-corrected chi connectivity index (χ0v) is 15.9. The zero-order chi connectivity index (χ0) is 18.1. The van der Waals surface area contributed by atoms with Gasteiger partial charge in [-0.1, -0.05) is 76.8 Å². The summed E-state index contributed by atoms with van der Waals surface area (Å²) in [6.07, 6.45) is 6.80. The predicted octanol–water partition coefficient (Wildman–Crippen LogP) is 7.04. The van der Waals surface area contributed by atoms with Crippen LogP contribution < -0.4 is 4.74 Å². The third kappa shape index (κ3) is 6.19. The Bertz CT molecular complexity index is 633. The fourth-order valence-corrected chi connectivity index (χ4v) is 2.89. The molecule has 136 valence electrons. The van der Waals surface area contributed by atoms with Crippen LogP contribution in [0.3, 0.4) is 0 Å². The van der Waals surface area contributed by atoms with Crippen molar-refractivity contribution in [2.45, 2.75) is 59.3 Å². The van der Waals surface area contributed by atoms with Crippen LogP contribution in [-0.2, 0) is 6.42 Å². The summed E-state index contributed by atoms with van der Waals surface area (Å²) in [5.74, 6) is 0.766. The van der Waals surface area contributed by atoms with E-state index in [0.717, 1.165) is 30.4 Å². The van der Waals surface area contributed by atoms with Crippen LogP contribution in [0.5, 0.6) is 5.75 Å². The first kappa shape index (κ1) is 19.5. The number of ether oxygens (including phenoxy) is 1. The highest BCUT2D eigenvalue weighted by molar-refractivity contribution is 5.64. The van der Waals surface area contributed by atoms with Gasteiger partial charge in [0.1, 0.15) is 0 Å². The Labute approximate surface area is 152 Å². The van der Waals surface area contributed by atoms with Crippen LogP contribution in [0, 0.1) is 11.7 Å². The van der Waals surface area contributed by atoms with Gasteiger partial charge in [0.15, 0.2) is 11.6 Å². The maximum atomic E-state index is 14.3. The summed E-state index contributed by atoms with van der Waals surface area (Å²) in [6, 6.07) is 13.7. The molecule has 0 N–H and O–H groups in total. The topological polar surface area (TPSA) is 9.23 Å². The van der Waals surface area contributed by atoms with Crippen LogP contribution in [0.25, 0.3) is 11.1 Å². The first-order valence-electron chi connectivity index (χ1n) is 9.65. The summed E-state index contributed by atoms with van der Waals surface area (Å²) in [5.41, 5.74) is 3.28. The number of hydrogen-bond acceptors (Lipinski definition) is 1. The first-order valence-corrected chi connectivity index (χ1v) is 9.65. The van der Waals surface area contributed by atoms with Crippen molar-refractivity contribution < 1.29 is 9.13 Å². The van der Waals surface area contributed by atoms with E-state index in [-0.39, 0.29) is 5.82 Å². The molecule has 2 heteroatoms. The Hall–Kier alpha value is -1.83. The maximum absolute atomic E-state index is 14.3. The van der Waals surface area contributed by atoms with Crippen LogP contribution in [0.2, 0.25) is 0 Å². The van der Waals surface area contributed by atoms with Crippen molar-refractivity contribution in [2.75, 3.05) is 6.61 Å². The maximum Gasteiger partial charge on any atom is 0.165 e. The van der Waals surface area contributed by atoms with Gasteiger partial charge in [0.05, 0.1) is 6.61 Å². The van der Waals surface area contributed by atoms with E-state index in [1.54, 1.807) is 12.1 Å². The van der Waals surface area contributed by atoms with Gasteiger partial charge in [0.2, 0.25) is 0 Å². The quantitative estimate of drug-likeness (QED) is 0.421. The van der Waals surface area contributed by atoms with E-state index in [4.69, 9.17) is 4.74 Å². The molecule has 0 radical (unpaired) electrons. The number of unbranched alkanes of at least 4 members (excludes halogenated alkanes) is 3. The smallest absolute Gasteiger partial charge is 0.165 e. The summed E-state index contributed by atoms with van der Waals surface area (Å²) < 4.78 is 19.9. The van der Waals surface area contributed by atoms with Gasteiger partial charge >= 0.3 is 0 Å². The molecule has 0 bridgehead atoms. The predicted molar refractivity (Wildman–Crippen MR) is 105 cm³/mol. The van der Waals surface area contributed by atoms with E-state index in [1.807, 2.05) is 6.07 Å². The van der Waals surface area contributed by atoms with Gasteiger partial charge in [0, 0.05) is 0 Å². The average molecular weight is 342 g/mol. The molecule has 2 aromatic carbocycles. The second-order valence-electron chi connectivity index (χ2n) is 6.97. The highest BCUT2D eigenvalue weighted by Gasteiger charge is 2.07. The lowest BCUT2D eigenvalue weighted by molar-refractivity contribution is 0.290. The Balaban J connectivity index is 1.97. The second-order valence-corrected chi connectivity index (χ2v) is 6.97. The summed E-state index contributed by atoms with van der Waals surface area (Å²) in [4.78, 5) is 0.